The number of carboxylic acid groups (broad SMARTS) is 1. The van der Waals surface area contributed by atoms with Crippen molar-refractivity contribution in [3.63, 3.8) is 0 Å². The standard InChI is InChI=1S/C15H8F3NO3/c16-15(17,18)11-3-1-2-9(6-11)13-5-4-12(22-13)7-10(8-19)14(20)21/h1-7H,(H,20,21)/p-1/b10-7-. The van der Waals surface area contributed by atoms with Gasteiger partial charge in [0, 0.05) is 11.6 Å². The fourth-order valence-corrected chi connectivity index (χ4v) is 1.71. The average molecular weight is 306 g/mol. The molecule has 1 aromatic heterocycles. The van der Waals surface area contributed by atoms with E-state index in [9.17, 15) is 23.1 Å². The van der Waals surface area contributed by atoms with E-state index in [0.29, 0.717) is 0 Å². The Balaban J connectivity index is 2.37. The van der Waals surface area contributed by atoms with Gasteiger partial charge < -0.3 is 14.3 Å². The molecule has 2 rings (SSSR count). The molecule has 0 saturated heterocycles. The molecular weight excluding hydrogens is 299 g/mol. The van der Waals surface area contributed by atoms with Crippen LogP contribution in [-0.4, -0.2) is 5.97 Å². The number of carbonyl (C=O) groups is 1. The van der Waals surface area contributed by atoms with Gasteiger partial charge in [0.2, 0.25) is 0 Å². The van der Waals surface area contributed by atoms with Gasteiger partial charge in [0.05, 0.1) is 17.1 Å². The average Bonchev–Trinajstić information content (AvgIpc) is 2.92. The zero-order valence-electron chi connectivity index (χ0n) is 10.8. The smallest absolute Gasteiger partial charge is 0.416 e. The Morgan fingerprint density at radius 2 is 2.00 bits per heavy atom. The molecule has 7 heteroatoms. The van der Waals surface area contributed by atoms with Crippen molar-refractivity contribution >= 4 is 12.0 Å². The Morgan fingerprint density at radius 3 is 2.59 bits per heavy atom. The summed E-state index contributed by atoms with van der Waals surface area (Å²) in [5, 5.41) is 19.2. The highest BCUT2D eigenvalue weighted by molar-refractivity contribution is 5.94. The normalized spacial score (nSPS) is 12.0. The molecule has 0 aliphatic rings. The summed E-state index contributed by atoms with van der Waals surface area (Å²) in [7, 11) is 0. The molecule has 0 radical (unpaired) electrons. The Morgan fingerprint density at radius 1 is 1.27 bits per heavy atom. The van der Waals surface area contributed by atoms with Crippen molar-refractivity contribution < 1.29 is 27.5 Å². The van der Waals surface area contributed by atoms with Crippen LogP contribution in [0, 0.1) is 11.3 Å². The van der Waals surface area contributed by atoms with Gasteiger partial charge in [-0.05, 0) is 24.3 Å². The zero-order valence-corrected chi connectivity index (χ0v) is 10.8. The first-order chi connectivity index (χ1) is 10.3. The van der Waals surface area contributed by atoms with Crippen molar-refractivity contribution in [2.75, 3.05) is 0 Å². The molecule has 0 spiro atoms. The largest absolute Gasteiger partial charge is 0.544 e. The second-order valence-corrected chi connectivity index (χ2v) is 4.24. The third-order valence-corrected chi connectivity index (χ3v) is 2.73. The number of alkyl halides is 3. The highest BCUT2D eigenvalue weighted by Gasteiger charge is 2.30. The van der Waals surface area contributed by atoms with E-state index in [1.165, 1.54) is 30.3 Å². The molecule has 0 aliphatic heterocycles. The number of carbonyl (C=O) groups excluding carboxylic acids is 1. The maximum Gasteiger partial charge on any atom is 0.416 e. The minimum Gasteiger partial charge on any atom is -0.544 e. The van der Waals surface area contributed by atoms with Crippen LogP contribution in [0.25, 0.3) is 17.4 Å². The van der Waals surface area contributed by atoms with Crippen LogP contribution in [0.3, 0.4) is 0 Å². The predicted molar refractivity (Wildman–Crippen MR) is 67.7 cm³/mol. The van der Waals surface area contributed by atoms with Crippen molar-refractivity contribution in [1.29, 1.82) is 5.26 Å². The maximum absolute atomic E-state index is 12.6. The lowest BCUT2D eigenvalue weighted by Gasteiger charge is -2.07. The lowest BCUT2D eigenvalue weighted by molar-refractivity contribution is -0.298. The van der Waals surface area contributed by atoms with Crippen molar-refractivity contribution in [2.45, 2.75) is 6.18 Å². The van der Waals surface area contributed by atoms with E-state index in [1.54, 1.807) is 0 Å². The van der Waals surface area contributed by atoms with Crippen LogP contribution < -0.4 is 5.11 Å². The lowest BCUT2D eigenvalue weighted by atomic mass is 10.1. The van der Waals surface area contributed by atoms with Crippen molar-refractivity contribution in [1.82, 2.24) is 0 Å². The summed E-state index contributed by atoms with van der Waals surface area (Å²) in [6.07, 6.45) is -3.54. The summed E-state index contributed by atoms with van der Waals surface area (Å²) in [5.74, 6) is -1.53. The first-order valence-corrected chi connectivity index (χ1v) is 5.92. The van der Waals surface area contributed by atoms with Crippen LogP contribution in [-0.2, 0) is 11.0 Å². The molecule has 0 N–H and O–H groups in total. The minimum absolute atomic E-state index is 0.0214. The van der Waals surface area contributed by atoms with Crippen molar-refractivity contribution in [2.24, 2.45) is 0 Å². The van der Waals surface area contributed by atoms with Gasteiger partial charge in [0.15, 0.2) is 0 Å². The number of nitrogens with zero attached hydrogens (tertiary/aromatic N) is 1. The van der Waals surface area contributed by atoms with E-state index in [-0.39, 0.29) is 17.1 Å². The summed E-state index contributed by atoms with van der Waals surface area (Å²) in [4.78, 5) is 10.6. The molecule has 2 aromatic rings. The number of halogens is 3. The Labute approximate surface area is 122 Å². The van der Waals surface area contributed by atoms with Gasteiger partial charge in [0.1, 0.15) is 17.6 Å². The van der Waals surface area contributed by atoms with Crippen LogP contribution in [0.5, 0.6) is 0 Å². The van der Waals surface area contributed by atoms with E-state index in [1.807, 2.05) is 0 Å². The van der Waals surface area contributed by atoms with Crippen LogP contribution >= 0.6 is 0 Å². The second kappa shape index (κ2) is 5.77. The van der Waals surface area contributed by atoms with E-state index in [4.69, 9.17) is 9.68 Å². The monoisotopic (exact) mass is 306 g/mol. The summed E-state index contributed by atoms with van der Waals surface area (Å²) in [6, 6.07) is 8.64. The molecule has 0 fully saturated rings. The number of aliphatic carboxylic acids is 1. The van der Waals surface area contributed by atoms with Gasteiger partial charge in [-0.25, -0.2) is 0 Å². The van der Waals surface area contributed by atoms with E-state index < -0.39 is 23.3 Å². The van der Waals surface area contributed by atoms with Crippen LogP contribution in [0.15, 0.2) is 46.4 Å². The fraction of sp³-hybridized carbons (Fsp3) is 0.0667. The third kappa shape index (κ3) is 3.35. The Hall–Kier alpha value is -3.01. The van der Waals surface area contributed by atoms with Gasteiger partial charge in [-0.1, -0.05) is 12.1 Å². The highest BCUT2D eigenvalue weighted by Crippen LogP contribution is 2.32. The SMILES string of the molecule is N#C/C(=C/c1ccc(-c2cccc(C(F)(F)F)c2)o1)C(=O)[O-]. The van der Waals surface area contributed by atoms with Crippen molar-refractivity contribution in [3.05, 3.63) is 53.3 Å². The summed E-state index contributed by atoms with van der Waals surface area (Å²) < 4.78 is 43.2. The molecule has 0 saturated carbocycles. The summed E-state index contributed by atoms with van der Waals surface area (Å²) in [5.41, 5.74) is -1.29. The van der Waals surface area contributed by atoms with Gasteiger partial charge in [0.25, 0.3) is 0 Å². The third-order valence-electron chi connectivity index (χ3n) is 2.73. The molecule has 112 valence electrons. The number of hydrogen-bond acceptors (Lipinski definition) is 4. The Bertz CT molecular complexity index is 782. The first-order valence-electron chi connectivity index (χ1n) is 5.92. The molecule has 1 heterocycles. The second-order valence-electron chi connectivity index (χ2n) is 4.24. The molecule has 22 heavy (non-hydrogen) atoms. The van der Waals surface area contributed by atoms with Crippen LogP contribution in [0.4, 0.5) is 13.2 Å². The van der Waals surface area contributed by atoms with Crippen molar-refractivity contribution in [3.8, 4) is 17.4 Å². The van der Waals surface area contributed by atoms with Gasteiger partial charge in [-0.2, -0.15) is 18.4 Å². The predicted octanol–water partition coefficient (Wildman–Crippen LogP) is 2.62. The van der Waals surface area contributed by atoms with Gasteiger partial charge in [-0.3, -0.25) is 0 Å². The molecule has 1 aromatic carbocycles. The van der Waals surface area contributed by atoms with E-state index in [0.717, 1.165) is 18.2 Å². The number of benzene rings is 1. The number of hydrogen-bond donors (Lipinski definition) is 0. The highest BCUT2D eigenvalue weighted by atomic mass is 19.4. The fourth-order valence-electron chi connectivity index (χ4n) is 1.71. The van der Waals surface area contributed by atoms with Crippen LogP contribution in [0.1, 0.15) is 11.3 Å². The number of furan rings is 1. The number of nitriles is 1. The molecule has 0 bridgehead atoms. The quantitative estimate of drug-likeness (QED) is 0.645. The Kier molecular flexibility index (Phi) is 4.04. The molecule has 0 unspecified atom stereocenters. The number of carboxylic acids is 1. The molecular formula is C15H7F3NO3-. The molecule has 0 aliphatic carbocycles. The molecule has 4 nitrogen and oxygen atoms in total. The maximum atomic E-state index is 12.6. The van der Waals surface area contributed by atoms with E-state index >= 15 is 0 Å². The summed E-state index contributed by atoms with van der Waals surface area (Å²) >= 11 is 0. The lowest BCUT2D eigenvalue weighted by Crippen LogP contribution is -2.23. The molecule has 0 amide bonds. The van der Waals surface area contributed by atoms with Crippen LogP contribution in [0.2, 0.25) is 0 Å². The van der Waals surface area contributed by atoms with E-state index in [2.05, 4.69) is 0 Å². The van der Waals surface area contributed by atoms with Gasteiger partial charge >= 0.3 is 6.18 Å². The summed E-state index contributed by atoms with van der Waals surface area (Å²) in [6.45, 7) is 0. The number of rotatable bonds is 3. The molecule has 0 atom stereocenters. The minimum atomic E-state index is -4.48. The zero-order chi connectivity index (χ0) is 16.3. The topological polar surface area (TPSA) is 77.1 Å². The van der Waals surface area contributed by atoms with Gasteiger partial charge in [-0.15, -0.1) is 0 Å². The first kappa shape index (κ1) is 15.4.